The van der Waals surface area contributed by atoms with Gasteiger partial charge in [0.25, 0.3) is 0 Å². The fourth-order valence-corrected chi connectivity index (χ4v) is 4.28. The van der Waals surface area contributed by atoms with Crippen LogP contribution in [-0.2, 0) is 31.9 Å². The molecule has 0 aliphatic rings. The van der Waals surface area contributed by atoms with E-state index in [9.17, 15) is 9.59 Å². The molecule has 0 bridgehead atoms. The third kappa shape index (κ3) is 8.09. The van der Waals surface area contributed by atoms with Gasteiger partial charge in [-0.3, -0.25) is 9.59 Å². The Hall–Kier alpha value is -3.82. The van der Waals surface area contributed by atoms with Gasteiger partial charge in [-0.25, -0.2) is 0 Å². The maximum atomic E-state index is 11.8. The maximum absolute atomic E-state index is 11.8. The van der Waals surface area contributed by atoms with Gasteiger partial charge >= 0.3 is 11.9 Å². The summed E-state index contributed by atoms with van der Waals surface area (Å²) in [6.45, 7) is 2.94. The summed E-state index contributed by atoms with van der Waals surface area (Å²) in [4.78, 5) is 23.5. The Morgan fingerprint density at radius 1 is 0.553 bits per heavy atom. The van der Waals surface area contributed by atoms with E-state index in [0.717, 1.165) is 11.1 Å². The topological polar surface area (TPSA) is 108 Å². The van der Waals surface area contributed by atoms with Crippen LogP contribution in [-0.4, -0.2) is 67.8 Å². The zero-order chi connectivity index (χ0) is 28.2. The Morgan fingerprint density at radius 2 is 0.842 bits per heavy atom. The van der Waals surface area contributed by atoms with Crippen LogP contribution in [0.3, 0.4) is 0 Å². The van der Waals surface area contributed by atoms with Gasteiger partial charge in [0.1, 0.15) is 0 Å². The van der Waals surface area contributed by atoms with Crippen LogP contribution >= 0.6 is 0 Å². The van der Waals surface area contributed by atoms with Crippen molar-refractivity contribution in [1.29, 1.82) is 0 Å². The summed E-state index contributed by atoms with van der Waals surface area (Å²) in [6, 6.07) is 7.41. The summed E-state index contributed by atoms with van der Waals surface area (Å²) in [5.74, 6) is 1.71. The Bertz CT molecular complexity index is 946. The molecule has 2 aromatic rings. The van der Waals surface area contributed by atoms with Crippen LogP contribution in [0.4, 0.5) is 0 Å². The van der Waals surface area contributed by atoms with E-state index in [1.54, 1.807) is 28.4 Å². The molecule has 0 N–H and O–H groups in total. The van der Waals surface area contributed by atoms with Gasteiger partial charge in [-0.2, -0.15) is 0 Å². The van der Waals surface area contributed by atoms with Crippen LogP contribution in [0.2, 0.25) is 0 Å². The van der Waals surface area contributed by atoms with Crippen molar-refractivity contribution in [2.45, 2.75) is 26.7 Å². The lowest BCUT2D eigenvalue weighted by Crippen LogP contribution is -2.30. The number of esters is 2. The van der Waals surface area contributed by atoms with E-state index in [2.05, 4.69) is 0 Å². The maximum Gasteiger partial charge on any atom is 0.302 e. The van der Waals surface area contributed by atoms with Gasteiger partial charge in [0.05, 0.1) is 55.9 Å². The Kier molecular flexibility index (Phi) is 11.8. The van der Waals surface area contributed by atoms with Gasteiger partial charge in [-0.05, 0) is 48.2 Å². The van der Waals surface area contributed by atoms with E-state index >= 15 is 0 Å². The van der Waals surface area contributed by atoms with E-state index in [1.807, 2.05) is 24.3 Å². The molecule has 10 heteroatoms. The molecule has 0 radical (unpaired) electrons. The first-order chi connectivity index (χ1) is 18.2. The molecule has 0 fully saturated rings. The van der Waals surface area contributed by atoms with Crippen LogP contribution in [0.1, 0.15) is 25.0 Å². The molecule has 0 aliphatic heterocycles. The monoisotopic (exact) mass is 534 g/mol. The van der Waals surface area contributed by atoms with Gasteiger partial charge in [-0.1, -0.05) is 0 Å². The first kappa shape index (κ1) is 30.4. The smallest absolute Gasteiger partial charge is 0.302 e. The minimum absolute atomic E-state index is 0.113. The molecule has 0 aliphatic carbocycles. The number of ether oxygens (including phenoxy) is 8. The van der Waals surface area contributed by atoms with E-state index in [-0.39, 0.29) is 25.0 Å². The first-order valence-electron chi connectivity index (χ1n) is 12.1. The van der Waals surface area contributed by atoms with Crippen molar-refractivity contribution < 1.29 is 47.5 Å². The summed E-state index contributed by atoms with van der Waals surface area (Å²) >= 11 is 0. The number of rotatable bonds is 15. The highest BCUT2D eigenvalue weighted by molar-refractivity contribution is 5.66. The number of hydrogen-bond donors (Lipinski definition) is 0. The number of benzene rings is 2. The lowest BCUT2D eigenvalue weighted by Gasteiger charge is -2.28. The molecular weight excluding hydrogens is 496 g/mol. The second-order valence-electron chi connectivity index (χ2n) is 8.60. The SMILES string of the molecule is COc1cc(C[C@H](COC(C)=O)[C@@H](COC(C)=O)Cc2cc(OC)c(OC)c(OC)c2)cc(OC)c1OC. The summed E-state index contributed by atoms with van der Waals surface area (Å²) < 4.78 is 43.8. The van der Waals surface area contributed by atoms with Crippen molar-refractivity contribution in [3.63, 3.8) is 0 Å². The zero-order valence-electron chi connectivity index (χ0n) is 23.4. The van der Waals surface area contributed by atoms with Crippen LogP contribution < -0.4 is 28.4 Å². The molecule has 2 aromatic carbocycles. The Labute approximate surface area is 224 Å². The number of methoxy groups -OCH3 is 6. The average Bonchev–Trinajstić information content (AvgIpc) is 2.91. The summed E-state index contributed by atoms with van der Waals surface area (Å²) in [5, 5.41) is 0. The van der Waals surface area contributed by atoms with Gasteiger partial charge in [0.2, 0.25) is 11.5 Å². The minimum Gasteiger partial charge on any atom is -0.493 e. The van der Waals surface area contributed by atoms with E-state index in [1.165, 1.54) is 28.1 Å². The highest BCUT2D eigenvalue weighted by Crippen LogP contribution is 2.41. The largest absolute Gasteiger partial charge is 0.493 e. The van der Waals surface area contributed by atoms with Gasteiger partial charge in [0.15, 0.2) is 23.0 Å². The summed E-state index contributed by atoms with van der Waals surface area (Å²) in [6.07, 6.45) is 0.945. The van der Waals surface area contributed by atoms with Crippen molar-refractivity contribution in [3.8, 4) is 34.5 Å². The number of carbonyl (C=O) groups excluding carboxylic acids is 2. The van der Waals surface area contributed by atoms with Gasteiger partial charge in [-0.15, -0.1) is 0 Å². The highest BCUT2D eigenvalue weighted by Gasteiger charge is 2.27. The molecule has 38 heavy (non-hydrogen) atoms. The molecule has 0 saturated heterocycles. The molecule has 0 saturated carbocycles. The van der Waals surface area contributed by atoms with Crippen molar-refractivity contribution in [1.82, 2.24) is 0 Å². The standard InChI is InChI=1S/C28H38O10/c1-17(29)37-15-21(9-19-11-23(31-3)27(35-7)24(12-19)32-4)22(16-38-18(2)30)10-20-13-25(33-5)28(36-8)26(14-20)34-6/h11-14,21-22H,9-10,15-16H2,1-8H3/t21-,22-/m1/s1. The molecule has 2 atom stereocenters. The highest BCUT2D eigenvalue weighted by atomic mass is 16.5. The van der Waals surface area contributed by atoms with Crippen molar-refractivity contribution in [3.05, 3.63) is 35.4 Å². The fraction of sp³-hybridized carbons (Fsp3) is 0.500. The molecule has 0 spiro atoms. The van der Waals surface area contributed by atoms with Crippen LogP contribution in [0.25, 0.3) is 0 Å². The molecule has 0 aromatic heterocycles. The van der Waals surface area contributed by atoms with Crippen LogP contribution in [0.5, 0.6) is 34.5 Å². The second-order valence-corrected chi connectivity index (χ2v) is 8.60. The molecule has 0 heterocycles. The lowest BCUT2D eigenvalue weighted by atomic mass is 9.83. The first-order valence-corrected chi connectivity index (χ1v) is 12.1. The Balaban J connectivity index is 2.52. The molecule has 210 valence electrons. The van der Waals surface area contributed by atoms with Crippen molar-refractivity contribution in [2.75, 3.05) is 55.9 Å². The number of carbonyl (C=O) groups is 2. The molecule has 0 unspecified atom stereocenters. The van der Waals surface area contributed by atoms with Crippen LogP contribution in [0.15, 0.2) is 24.3 Å². The van der Waals surface area contributed by atoms with Crippen molar-refractivity contribution in [2.24, 2.45) is 11.8 Å². The quantitative estimate of drug-likeness (QED) is 0.312. The van der Waals surface area contributed by atoms with E-state index in [0.29, 0.717) is 47.3 Å². The van der Waals surface area contributed by atoms with Gasteiger partial charge < -0.3 is 37.9 Å². The molecule has 2 rings (SSSR count). The fourth-order valence-electron chi connectivity index (χ4n) is 4.28. The third-order valence-electron chi connectivity index (χ3n) is 6.11. The second kappa shape index (κ2) is 14.8. The van der Waals surface area contributed by atoms with Crippen molar-refractivity contribution >= 4 is 11.9 Å². The molecule has 10 nitrogen and oxygen atoms in total. The van der Waals surface area contributed by atoms with Crippen LogP contribution in [0, 0.1) is 11.8 Å². The third-order valence-corrected chi connectivity index (χ3v) is 6.11. The summed E-state index contributed by atoms with van der Waals surface area (Å²) in [5.41, 5.74) is 1.74. The lowest BCUT2D eigenvalue weighted by molar-refractivity contribution is -0.147. The van der Waals surface area contributed by atoms with Gasteiger partial charge in [0, 0.05) is 25.7 Å². The molecule has 0 amide bonds. The average molecular weight is 535 g/mol. The van der Waals surface area contributed by atoms with E-state index in [4.69, 9.17) is 37.9 Å². The minimum atomic E-state index is -0.404. The summed E-state index contributed by atoms with van der Waals surface area (Å²) in [7, 11) is 9.26. The Morgan fingerprint density at radius 3 is 1.05 bits per heavy atom. The predicted molar refractivity (Wildman–Crippen MR) is 140 cm³/mol. The zero-order valence-corrected chi connectivity index (χ0v) is 23.4. The van der Waals surface area contributed by atoms with E-state index < -0.39 is 11.9 Å². The number of hydrogen-bond acceptors (Lipinski definition) is 10. The normalized spacial score (nSPS) is 12.1. The molecular formula is C28H38O10. The predicted octanol–water partition coefficient (Wildman–Crippen LogP) is 3.88.